The lowest BCUT2D eigenvalue weighted by Gasteiger charge is -2.30. The number of nitrogens with one attached hydrogen (secondary N) is 4. The van der Waals surface area contributed by atoms with E-state index in [2.05, 4.69) is 20.7 Å². The molecule has 2 aliphatic heterocycles. The summed E-state index contributed by atoms with van der Waals surface area (Å²) in [4.78, 5) is 67.2. The lowest BCUT2D eigenvalue weighted by Crippen LogP contribution is -2.58. The number of hydrogen-bond donors (Lipinski definition) is 4. The number of thiazole rings is 1. The third-order valence-corrected chi connectivity index (χ3v) is 14.3. The highest BCUT2D eigenvalue weighted by Gasteiger charge is 2.62. The van der Waals surface area contributed by atoms with Crippen LogP contribution >= 0.6 is 23.1 Å². The fourth-order valence-corrected chi connectivity index (χ4v) is 10.6. The smallest absolute Gasteiger partial charge is 0.408 e. The van der Waals surface area contributed by atoms with Crippen molar-refractivity contribution >= 4 is 72.8 Å². The van der Waals surface area contributed by atoms with E-state index in [0.29, 0.717) is 47.5 Å². The molecule has 16 nitrogen and oxygen atoms in total. The number of alkyl carbamates (subject to hydrolysis) is 1. The number of amides is 4. The third-order valence-electron chi connectivity index (χ3n) is 10.6. The minimum Gasteiger partial charge on any atom is -0.497 e. The van der Waals surface area contributed by atoms with Crippen molar-refractivity contribution in [2.75, 3.05) is 30.5 Å². The summed E-state index contributed by atoms with van der Waals surface area (Å²) in [5, 5.41) is 12.4. The van der Waals surface area contributed by atoms with E-state index >= 15 is 0 Å². The zero-order valence-corrected chi connectivity index (χ0v) is 37.1. The Hall–Kier alpha value is -4.62. The molecule has 4 aliphatic rings. The summed E-state index contributed by atoms with van der Waals surface area (Å²) in [7, 11) is -2.34. The number of carbonyl (C=O) groups is 4. The standard InChI is InChI=1S/C41H53N7O9S3/c1-23(2)42-38-44-31(22-59-38)30-17-24-16-26(55-6)11-14-29(24)35(43-30)56-27-18-33-34(49)46-41(37(51)47-60(53,54)28-12-13-28)19-25(41)10-8-7-9-15-58-21-32(36(50)48(33)20-27)45-39(52)57-40(3,4)5/h8,10-11,14,16-17,22-23,25,27-28,32-33H,7,9,12-13,15,18-21H2,1-6H3,(H,42,44)(H,45,52)(H,46,49)(H,47,51)/t25?,27?,32-,33-,41+/m0/s1. The molecule has 2 aliphatic carbocycles. The quantitative estimate of drug-likeness (QED) is 0.198. The van der Waals surface area contributed by atoms with E-state index in [0.717, 1.165) is 16.9 Å². The van der Waals surface area contributed by atoms with E-state index in [1.54, 1.807) is 33.9 Å². The molecule has 2 aromatic heterocycles. The monoisotopic (exact) mass is 883 g/mol. The van der Waals surface area contributed by atoms with Crippen LogP contribution in [0.15, 0.2) is 41.8 Å². The second kappa shape index (κ2) is 17.4. The Morgan fingerprint density at radius 3 is 2.60 bits per heavy atom. The van der Waals surface area contributed by atoms with E-state index in [9.17, 15) is 27.6 Å². The molecule has 2 unspecified atom stereocenters. The molecule has 0 radical (unpaired) electrons. The molecule has 3 aromatic rings. The summed E-state index contributed by atoms with van der Waals surface area (Å²) in [5.41, 5.74) is -1.20. The number of methoxy groups -OCH3 is 1. The Morgan fingerprint density at radius 2 is 1.88 bits per heavy atom. The normalized spacial score (nSPS) is 25.0. The van der Waals surface area contributed by atoms with Gasteiger partial charge in [-0.05, 0) is 102 Å². The number of rotatable bonds is 10. The number of aromatic nitrogens is 2. The summed E-state index contributed by atoms with van der Waals surface area (Å²) in [6.07, 6.45) is 4.77. The molecule has 4 N–H and O–H groups in total. The molecule has 3 fully saturated rings. The summed E-state index contributed by atoms with van der Waals surface area (Å²) < 4.78 is 45.8. The first-order valence-corrected chi connectivity index (χ1v) is 23.8. The van der Waals surface area contributed by atoms with Gasteiger partial charge in [0.25, 0.3) is 5.91 Å². The Labute approximate surface area is 358 Å². The number of anilines is 1. The topological polar surface area (TPSA) is 207 Å². The SMILES string of the molecule is COc1ccc2c(OC3C[C@H]4C(=O)N[C@]5(C(=O)NS(=O)(=O)C6CC6)CC5C=CCCCSC[C@H](NC(=O)OC(C)(C)C)C(=O)N4C3)nc(-c3csc(NC(C)C)n3)cc2c1. The molecule has 1 aromatic carbocycles. The maximum absolute atomic E-state index is 14.7. The predicted molar refractivity (Wildman–Crippen MR) is 231 cm³/mol. The first-order chi connectivity index (χ1) is 28.4. The van der Waals surface area contributed by atoms with E-state index in [1.165, 1.54) is 28.0 Å². The number of fused-ring (bicyclic) bond motifs is 3. The molecule has 0 spiro atoms. The largest absolute Gasteiger partial charge is 0.497 e. The first kappa shape index (κ1) is 43.5. The number of carbonyl (C=O) groups excluding carboxylic acids is 4. The number of nitrogens with zero attached hydrogens (tertiary/aromatic N) is 3. The van der Waals surface area contributed by atoms with Gasteiger partial charge in [0.1, 0.15) is 40.8 Å². The number of ether oxygens (including phenoxy) is 3. The van der Waals surface area contributed by atoms with Crippen LogP contribution in [0.25, 0.3) is 22.2 Å². The van der Waals surface area contributed by atoms with Gasteiger partial charge in [-0.2, -0.15) is 11.8 Å². The van der Waals surface area contributed by atoms with E-state index in [-0.39, 0.29) is 37.1 Å². The van der Waals surface area contributed by atoms with Gasteiger partial charge in [-0.1, -0.05) is 12.2 Å². The molecular weight excluding hydrogens is 831 g/mol. The van der Waals surface area contributed by atoms with Crippen LogP contribution in [0.4, 0.5) is 9.93 Å². The van der Waals surface area contributed by atoms with Gasteiger partial charge in [0, 0.05) is 34.9 Å². The van der Waals surface area contributed by atoms with Gasteiger partial charge < -0.3 is 35.1 Å². The van der Waals surface area contributed by atoms with Gasteiger partial charge in [-0.25, -0.2) is 23.2 Å². The average molecular weight is 884 g/mol. The Balaban J connectivity index is 1.23. The predicted octanol–water partition coefficient (Wildman–Crippen LogP) is 5.00. The zero-order chi connectivity index (χ0) is 43.0. The fourth-order valence-electron chi connectivity index (χ4n) is 7.35. The second-order valence-corrected chi connectivity index (χ2v) is 21.0. The molecule has 4 heterocycles. The molecular formula is C41H53N7O9S3. The van der Waals surface area contributed by atoms with Crippen LogP contribution in [-0.2, 0) is 29.1 Å². The van der Waals surface area contributed by atoms with Crippen LogP contribution in [0.5, 0.6) is 11.6 Å². The number of sulfonamides is 1. The van der Waals surface area contributed by atoms with Crippen molar-refractivity contribution in [3.05, 3.63) is 41.8 Å². The lowest BCUT2D eigenvalue weighted by molar-refractivity contribution is -0.140. The highest BCUT2D eigenvalue weighted by atomic mass is 32.2. The van der Waals surface area contributed by atoms with Crippen LogP contribution < -0.4 is 30.1 Å². The third kappa shape index (κ3) is 10.1. The molecule has 1 saturated heterocycles. The summed E-state index contributed by atoms with van der Waals surface area (Å²) in [6, 6.07) is 5.33. The van der Waals surface area contributed by atoms with Crippen LogP contribution in [0.3, 0.4) is 0 Å². The van der Waals surface area contributed by atoms with Crippen LogP contribution in [-0.4, -0.2) is 113 Å². The number of allylic oxidation sites excluding steroid dienone is 1. The lowest BCUT2D eigenvalue weighted by atomic mass is 10.1. The summed E-state index contributed by atoms with van der Waals surface area (Å²) >= 11 is 2.94. The van der Waals surface area contributed by atoms with Gasteiger partial charge in [0.15, 0.2) is 5.13 Å². The Bertz CT molecular complexity index is 2270. The van der Waals surface area contributed by atoms with Gasteiger partial charge >= 0.3 is 6.09 Å². The van der Waals surface area contributed by atoms with Gasteiger partial charge in [0.05, 0.1) is 24.6 Å². The maximum atomic E-state index is 14.7. The zero-order valence-electron chi connectivity index (χ0n) is 34.6. The van der Waals surface area contributed by atoms with Crippen LogP contribution in [0.1, 0.15) is 73.1 Å². The summed E-state index contributed by atoms with van der Waals surface area (Å²) in [5.74, 6) is -0.677. The van der Waals surface area contributed by atoms with Gasteiger partial charge in [-0.15, -0.1) is 11.3 Å². The molecule has 2 saturated carbocycles. The van der Waals surface area contributed by atoms with E-state index < -0.39 is 74.3 Å². The highest BCUT2D eigenvalue weighted by molar-refractivity contribution is 7.99. The second-order valence-electron chi connectivity index (χ2n) is 17.0. The van der Waals surface area contributed by atoms with Crippen molar-refractivity contribution < 1.29 is 41.8 Å². The highest BCUT2D eigenvalue weighted by Crippen LogP contribution is 2.46. The van der Waals surface area contributed by atoms with Crippen molar-refractivity contribution in [1.82, 2.24) is 30.2 Å². The molecule has 19 heteroatoms. The van der Waals surface area contributed by atoms with Crippen molar-refractivity contribution in [2.45, 2.75) is 114 Å². The van der Waals surface area contributed by atoms with E-state index in [4.69, 9.17) is 24.2 Å². The molecule has 0 bridgehead atoms. The summed E-state index contributed by atoms with van der Waals surface area (Å²) in [6.45, 7) is 9.16. The first-order valence-electron chi connectivity index (χ1n) is 20.2. The number of pyridine rings is 1. The maximum Gasteiger partial charge on any atom is 0.408 e. The molecule has 5 atom stereocenters. The minimum atomic E-state index is -3.92. The molecule has 4 amide bonds. The van der Waals surface area contributed by atoms with Crippen molar-refractivity contribution in [3.63, 3.8) is 0 Å². The minimum absolute atomic E-state index is 0.00512. The molecule has 60 heavy (non-hydrogen) atoms. The van der Waals surface area contributed by atoms with Gasteiger partial charge in [-0.3, -0.25) is 19.1 Å². The van der Waals surface area contributed by atoms with Crippen molar-refractivity contribution in [2.24, 2.45) is 5.92 Å². The fraction of sp³-hybridized carbons (Fsp3) is 0.561. The molecule has 7 rings (SSSR count). The van der Waals surface area contributed by atoms with Gasteiger partial charge in [0.2, 0.25) is 27.7 Å². The van der Waals surface area contributed by atoms with Crippen LogP contribution in [0.2, 0.25) is 0 Å². The van der Waals surface area contributed by atoms with E-state index in [1.807, 2.05) is 49.6 Å². The number of thioether (sulfide) groups is 1. The van der Waals surface area contributed by atoms with Crippen LogP contribution in [0, 0.1) is 5.92 Å². The number of hydrogen-bond acceptors (Lipinski definition) is 14. The Kier molecular flexibility index (Phi) is 12.6. The Morgan fingerprint density at radius 1 is 1.10 bits per heavy atom. The molecule has 324 valence electrons. The van der Waals surface area contributed by atoms with Crippen molar-refractivity contribution in [1.29, 1.82) is 0 Å². The average Bonchev–Trinajstić information content (AvgIpc) is 4.06. The number of benzene rings is 1. The van der Waals surface area contributed by atoms with Crippen molar-refractivity contribution in [3.8, 4) is 23.0 Å².